The normalized spacial score (nSPS) is 9.50. The molecule has 0 radical (unpaired) electrons. The number of para-hydroxylation sites is 1. The molecule has 0 saturated carbocycles. The fourth-order valence-corrected chi connectivity index (χ4v) is 1.77. The number of benzene rings is 2. The fraction of sp³-hybridized carbons (Fsp3) is 0. The highest BCUT2D eigenvalue weighted by Gasteiger charge is 1.99. The minimum atomic E-state index is 0.650. The summed E-state index contributed by atoms with van der Waals surface area (Å²) in [6, 6.07) is 17.4. The van der Waals surface area contributed by atoms with Gasteiger partial charge in [0.2, 0.25) is 0 Å². The molecule has 2 aromatic rings. The third-order valence-corrected chi connectivity index (χ3v) is 2.84. The Morgan fingerprint density at radius 3 is 2.62 bits per heavy atom. The average molecular weight is 273 g/mol. The third kappa shape index (κ3) is 2.41. The molecule has 1 N–H and O–H groups in total. The average Bonchev–Trinajstić information content (AvgIpc) is 2.32. The second-order valence-corrected chi connectivity index (χ2v) is 4.15. The lowest BCUT2D eigenvalue weighted by Crippen LogP contribution is -1.91. The lowest BCUT2D eigenvalue weighted by Gasteiger charge is -2.08. The van der Waals surface area contributed by atoms with Crippen molar-refractivity contribution in [3.8, 4) is 6.07 Å². The first-order chi connectivity index (χ1) is 7.79. The topological polar surface area (TPSA) is 35.8 Å². The van der Waals surface area contributed by atoms with Gasteiger partial charge in [-0.1, -0.05) is 18.2 Å². The Balaban J connectivity index is 2.28. The van der Waals surface area contributed by atoms with E-state index in [1.165, 1.54) is 0 Å². The summed E-state index contributed by atoms with van der Waals surface area (Å²) >= 11 is 3.46. The van der Waals surface area contributed by atoms with Gasteiger partial charge < -0.3 is 5.32 Å². The molecule has 0 heterocycles. The Labute approximate surface area is 103 Å². The quantitative estimate of drug-likeness (QED) is 0.895. The van der Waals surface area contributed by atoms with Crippen LogP contribution in [-0.2, 0) is 0 Å². The molecule has 0 bridgehead atoms. The number of hydrogen-bond donors (Lipinski definition) is 1. The van der Waals surface area contributed by atoms with Crippen LogP contribution in [-0.4, -0.2) is 0 Å². The van der Waals surface area contributed by atoms with Crippen LogP contribution in [0, 0.1) is 11.3 Å². The zero-order valence-electron chi connectivity index (χ0n) is 8.44. The van der Waals surface area contributed by atoms with Crippen molar-refractivity contribution < 1.29 is 0 Å². The molecule has 2 rings (SSSR count). The van der Waals surface area contributed by atoms with Gasteiger partial charge >= 0.3 is 0 Å². The van der Waals surface area contributed by atoms with E-state index in [0.717, 1.165) is 15.8 Å². The minimum absolute atomic E-state index is 0.650. The zero-order chi connectivity index (χ0) is 11.4. The molecule has 0 fully saturated rings. The molecule has 2 nitrogen and oxygen atoms in total. The summed E-state index contributed by atoms with van der Waals surface area (Å²) in [5.41, 5.74) is 2.54. The summed E-state index contributed by atoms with van der Waals surface area (Å²) in [5.74, 6) is 0. The van der Waals surface area contributed by atoms with Crippen molar-refractivity contribution in [2.24, 2.45) is 0 Å². The first-order valence-corrected chi connectivity index (χ1v) is 5.60. The molecule has 0 aliphatic heterocycles. The SMILES string of the molecule is N#Cc1cccc(Nc2ccccc2Br)c1. The number of nitriles is 1. The Kier molecular flexibility index (Phi) is 3.23. The van der Waals surface area contributed by atoms with E-state index >= 15 is 0 Å². The molecule has 0 saturated heterocycles. The summed E-state index contributed by atoms with van der Waals surface area (Å²) in [5, 5.41) is 12.0. The lowest BCUT2D eigenvalue weighted by molar-refractivity contribution is 1.47. The third-order valence-electron chi connectivity index (χ3n) is 2.14. The summed E-state index contributed by atoms with van der Waals surface area (Å²) in [4.78, 5) is 0. The Bertz CT molecular complexity index is 544. The maximum atomic E-state index is 8.80. The van der Waals surface area contributed by atoms with Crippen molar-refractivity contribution in [3.05, 3.63) is 58.6 Å². The van der Waals surface area contributed by atoms with Gasteiger partial charge in [-0.25, -0.2) is 0 Å². The van der Waals surface area contributed by atoms with E-state index < -0.39 is 0 Å². The maximum absolute atomic E-state index is 8.80. The van der Waals surface area contributed by atoms with E-state index in [9.17, 15) is 0 Å². The monoisotopic (exact) mass is 272 g/mol. The molecule has 2 aromatic carbocycles. The van der Waals surface area contributed by atoms with Crippen molar-refractivity contribution >= 4 is 27.3 Å². The van der Waals surface area contributed by atoms with Crippen molar-refractivity contribution in [3.63, 3.8) is 0 Å². The standard InChI is InChI=1S/C13H9BrN2/c14-12-6-1-2-7-13(12)16-11-5-3-4-10(8-11)9-15/h1-8,16H. The molecule has 0 spiro atoms. The zero-order valence-corrected chi connectivity index (χ0v) is 10.0. The molecule has 0 aliphatic rings. The van der Waals surface area contributed by atoms with Crippen molar-refractivity contribution in [1.82, 2.24) is 0 Å². The summed E-state index contributed by atoms with van der Waals surface area (Å²) < 4.78 is 0.998. The van der Waals surface area contributed by atoms with Crippen LogP contribution in [0.4, 0.5) is 11.4 Å². The van der Waals surface area contributed by atoms with Gasteiger partial charge in [-0.05, 0) is 46.3 Å². The number of nitrogens with one attached hydrogen (secondary N) is 1. The van der Waals surface area contributed by atoms with E-state index in [4.69, 9.17) is 5.26 Å². The van der Waals surface area contributed by atoms with Crippen LogP contribution >= 0.6 is 15.9 Å². The molecule has 0 amide bonds. The number of halogens is 1. The van der Waals surface area contributed by atoms with Crippen LogP contribution < -0.4 is 5.32 Å². The number of hydrogen-bond acceptors (Lipinski definition) is 2. The van der Waals surface area contributed by atoms with Crippen LogP contribution in [0.5, 0.6) is 0 Å². The van der Waals surface area contributed by atoms with E-state index in [1.807, 2.05) is 42.5 Å². The van der Waals surface area contributed by atoms with Gasteiger partial charge in [0.1, 0.15) is 0 Å². The second kappa shape index (κ2) is 4.82. The van der Waals surface area contributed by atoms with Crippen LogP contribution in [0.25, 0.3) is 0 Å². The molecule has 0 aliphatic carbocycles. The number of nitrogens with zero attached hydrogens (tertiary/aromatic N) is 1. The minimum Gasteiger partial charge on any atom is -0.355 e. The lowest BCUT2D eigenvalue weighted by atomic mass is 10.2. The smallest absolute Gasteiger partial charge is 0.0992 e. The molecule has 16 heavy (non-hydrogen) atoms. The molecule has 0 atom stereocenters. The van der Waals surface area contributed by atoms with Crippen molar-refractivity contribution in [2.45, 2.75) is 0 Å². The van der Waals surface area contributed by atoms with Gasteiger partial charge in [0.05, 0.1) is 17.3 Å². The first-order valence-electron chi connectivity index (χ1n) is 4.81. The maximum Gasteiger partial charge on any atom is 0.0992 e. The van der Waals surface area contributed by atoms with Gasteiger partial charge in [-0.15, -0.1) is 0 Å². The molecule has 0 aromatic heterocycles. The van der Waals surface area contributed by atoms with E-state index in [0.29, 0.717) is 5.56 Å². The van der Waals surface area contributed by atoms with Gasteiger partial charge in [0, 0.05) is 10.2 Å². The van der Waals surface area contributed by atoms with E-state index in [2.05, 4.69) is 27.3 Å². The van der Waals surface area contributed by atoms with E-state index in [-0.39, 0.29) is 0 Å². The van der Waals surface area contributed by atoms with Crippen LogP contribution in [0.1, 0.15) is 5.56 Å². The van der Waals surface area contributed by atoms with Crippen molar-refractivity contribution in [2.75, 3.05) is 5.32 Å². The summed E-state index contributed by atoms with van der Waals surface area (Å²) in [7, 11) is 0. The second-order valence-electron chi connectivity index (χ2n) is 3.30. The Hall–Kier alpha value is -1.79. The first kappa shape index (κ1) is 10.7. The highest BCUT2D eigenvalue weighted by atomic mass is 79.9. The van der Waals surface area contributed by atoms with Crippen LogP contribution in [0.2, 0.25) is 0 Å². The molecular weight excluding hydrogens is 264 g/mol. The van der Waals surface area contributed by atoms with Gasteiger partial charge in [-0.3, -0.25) is 0 Å². The largest absolute Gasteiger partial charge is 0.355 e. The predicted octanol–water partition coefficient (Wildman–Crippen LogP) is 4.06. The molecular formula is C13H9BrN2. The van der Waals surface area contributed by atoms with Crippen LogP contribution in [0.3, 0.4) is 0 Å². The fourth-order valence-electron chi connectivity index (χ4n) is 1.38. The number of rotatable bonds is 2. The van der Waals surface area contributed by atoms with Gasteiger partial charge in [0.25, 0.3) is 0 Å². The Morgan fingerprint density at radius 2 is 1.88 bits per heavy atom. The van der Waals surface area contributed by atoms with E-state index in [1.54, 1.807) is 6.07 Å². The summed E-state index contributed by atoms with van der Waals surface area (Å²) in [6.45, 7) is 0. The highest BCUT2D eigenvalue weighted by Crippen LogP contribution is 2.25. The Morgan fingerprint density at radius 1 is 1.06 bits per heavy atom. The predicted molar refractivity (Wildman–Crippen MR) is 68.6 cm³/mol. The molecule has 78 valence electrons. The highest BCUT2D eigenvalue weighted by molar-refractivity contribution is 9.10. The molecule has 3 heteroatoms. The molecule has 0 unspecified atom stereocenters. The van der Waals surface area contributed by atoms with Gasteiger partial charge in [0.15, 0.2) is 0 Å². The summed E-state index contributed by atoms with van der Waals surface area (Å²) in [6.07, 6.45) is 0. The van der Waals surface area contributed by atoms with Gasteiger partial charge in [-0.2, -0.15) is 5.26 Å². The van der Waals surface area contributed by atoms with Crippen molar-refractivity contribution in [1.29, 1.82) is 5.26 Å². The van der Waals surface area contributed by atoms with Crippen LogP contribution in [0.15, 0.2) is 53.0 Å². The number of anilines is 2.